The molecule has 1 aromatic rings. The zero-order valence-corrected chi connectivity index (χ0v) is 12.4. The van der Waals surface area contributed by atoms with Crippen LogP contribution in [-0.4, -0.2) is 18.5 Å². The quantitative estimate of drug-likeness (QED) is 0.836. The lowest BCUT2D eigenvalue weighted by molar-refractivity contribution is -0.122. The molecule has 23 heavy (non-hydrogen) atoms. The van der Waals surface area contributed by atoms with E-state index in [1.807, 2.05) is 6.08 Å². The van der Waals surface area contributed by atoms with Crippen LogP contribution in [0, 0.1) is 0 Å². The molecular weight excluding hydrogens is 304 g/mol. The molecule has 0 saturated carbocycles. The van der Waals surface area contributed by atoms with Gasteiger partial charge in [-0.2, -0.15) is 8.78 Å². The Morgan fingerprint density at radius 2 is 2.00 bits per heavy atom. The Hall–Kier alpha value is -2.44. The van der Waals surface area contributed by atoms with Crippen LogP contribution < -0.4 is 15.8 Å². The molecule has 3 rings (SSSR count). The molecule has 1 amide bonds. The highest BCUT2D eigenvalue weighted by molar-refractivity contribution is 6.09. The maximum Gasteiger partial charge on any atom is 0.387 e. The topological polar surface area (TPSA) is 76.7 Å². The number of rotatable bonds is 4. The maximum absolute atomic E-state index is 12.6. The predicted octanol–water partition coefficient (Wildman–Crippen LogP) is 2.43. The number of amides is 1. The molecule has 1 aliphatic heterocycles. The second-order valence-electron chi connectivity index (χ2n) is 5.54. The van der Waals surface area contributed by atoms with Crippen LogP contribution in [0.15, 0.2) is 40.9 Å². The normalized spacial score (nSPS) is 24.2. The number of nitrogens with two attached hydrogens (primary N) is 1. The van der Waals surface area contributed by atoms with E-state index in [-0.39, 0.29) is 17.6 Å². The lowest BCUT2D eigenvalue weighted by atomic mass is 9.78. The standard InChI is InChI=1S/C16H17F2N3O2/c17-14(18)23-12-8-6-11(7-9-12)16(10-4-2-1-3-5-10)13(22)20-15(19)21-16/h4,6-9,14H,1-3,5H2,(H3,19,20,21,22). The summed E-state index contributed by atoms with van der Waals surface area (Å²) in [7, 11) is 0. The van der Waals surface area contributed by atoms with Crippen molar-refractivity contribution in [2.45, 2.75) is 37.8 Å². The number of nitrogens with one attached hydrogen (secondary N) is 1. The molecule has 7 heteroatoms. The van der Waals surface area contributed by atoms with Crippen LogP contribution in [0.5, 0.6) is 5.75 Å². The van der Waals surface area contributed by atoms with Crippen molar-refractivity contribution in [1.82, 2.24) is 5.32 Å². The predicted molar refractivity (Wildman–Crippen MR) is 81.1 cm³/mol. The first-order chi connectivity index (χ1) is 11.0. The summed E-state index contributed by atoms with van der Waals surface area (Å²) in [6.07, 6.45) is 5.70. The summed E-state index contributed by atoms with van der Waals surface area (Å²) >= 11 is 0. The SMILES string of the molecule is NC1=NC(C2=CCCCC2)(c2ccc(OC(F)F)cc2)C(=O)N1. The molecule has 1 aliphatic carbocycles. The smallest absolute Gasteiger partial charge is 0.387 e. The van der Waals surface area contributed by atoms with Crippen LogP contribution in [0.2, 0.25) is 0 Å². The Kier molecular flexibility index (Phi) is 4.02. The number of nitrogens with zero attached hydrogens (tertiary/aromatic N) is 1. The van der Waals surface area contributed by atoms with Crippen molar-refractivity contribution in [2.75, 3.05) is 0 Å². The first-order valence-corrected chi connectivity index (χ1v) is 7.44. The van der Waals surface area contributed by atoms with Gasteiger partial charge in [0.15, 0.2) is 11.5 Å². The minimum atomic E-state index is -2.89. The van der Waals surface area contributed by atoms with Crippen molar-refractivity contribution in [3.63, 3.8) is 0 Å². The summed E-state index contributed by atoms with van der Waals surface area (Å²) in [4.78, 5) is 16.9. The summed E-state index contributed by atoms with van der Waals surface area (Å²) in [5.74, 6) is -0.216. The Morgan fingerprint density at radius 1 is 1.26 bits per heavy atom. The molecule has 0 fully saturated rings. The van der Waals surface area contributed by atoms with Gasteiger partial charge in [0.05, 0.1) is 0 Å². The molecule has 0 aromatic heterocycles. The Morgan fingerprint density at radius 3 is 2.52 bits per heavy atom. The van der Waals surface area contributed by atoms with Crippen LogP contribution in [0.4, 0.5) is 8.78 Å². The number of carbonyl (C=O) groups is 1. The number of benzene rings is 1. The van der Waals surface area contributed by atoms with E-state index < -0.39 is 12.2 Å². The van der Waals surface area contributed by atoms with Crippen molar-refractivity contribution in [3.8, 4) is 5.75 Å². The van der Waals surface area contributed by atoms with Gasteiger partial charge in [-0.25, -0.2) is 4.99 Å². The molecule has 0 saturated heterocycles. The highest BCUT2D eigenvalue weighted by Gasteiger charge is 2.47. The van der Waals surface area contributed by atoms with Gasteiger partial charge in [-0.3, -0.25) is 10.1 Å². The average molecular weight is 321 g/mol. The monoisotopic (exact) mass is 321 g/mol. The van der Waals surface area contributed by atoms with Crippen molar-refractivity contribution in [2.24, 2.45) is 10.7 Å². The van der Waals surface area contributed by atoms with E-state index >= 15 is 0 Å². The number of guanidine groups is 1. The van der Waals surface area contributed by atoms with E-state index in [0.29, 0.717) is 5.56 Å². The Labute approximate surface area is 132 Å². The van der Waals surface area contributed by atoms with Gasteiger partial charge in [0.2, 0.25) is 0 Å². The van der Waals surface area contributed by atoms with Crippen LogP contribution in [0.3, 0.4) is 0 Å². The van der Waals surface area contributed by atoms with Gasteiger partial charge in [0.1, 0.15) is 5.75 Å². The molecule has 0 radical (unpaired) electrons. The molecule has 1 unspecified atom stereocenters. The molecule has 122 valence electrons. The fraction of sp³-hybridized carbons (Fsp3) is 0.375. The third kappa shape index (κ3) is 2.78. The molecule has 3 N–H and O–H groups in total. The van der Waals surface area contributed by atoms with E-state index in [1.165, 1.54) is 12.1 Å². The van der Waals surface area contributed by atoms with E-state index in [9.17, 15) is 13.6 Å². The van der Waals surface area contributed by atoms with E-state index in [0.717, 1.165) is 31.3 Å². The molecule has 5 nitrogen and oxygen atoms in total. The molecule has 1 atom stereocenters. The molecule has 0 bridgehead atoms. The summed E-state index contributed by atoms with van der Waals surface area (Å²) < 4.78 is 28.9. The molecular formula is C16H17F2N3O2. The molecule has 2 aliphatic rings. The highest BCUT2D eigenvalue weighted by Crippen LogP contribution is 2.41. The lowest BCUT2D eigenvalue weighted by Gasteiger charge is -2.29. The summed E-state index contributed by atoms with van der Waals surface area (Å²) in [6, 6.07) is 5.97. The molecule has 1 heterocycles. The average Bonchev–Trinajstić information content (AvgIpc) is 2.84. The van der Waals surface area contributed by atoms with Crippen molar-refractivity contribution >= 4 is 11.9 Å². The van der Waals surface area contributed by atoms with Crippen molar-refractivity contribution < 1.29 is 18.3 Å². The van der Waals surface area contributed by atoms with Gasteiger partial charge in [-0.05, 0) is 49.0 Å². The maximum atomic E-state index is 12.6. The zero-order valence-electron chi connectivity index (χ0n) is 12.4. The summed E-state index contributed by atoms with van der Waals surface area (Å²) in [5, 5.41) is 2.55. The van der Waals surface area contributed by atoms with Gasteiger partial charge in [0.25, 0.3) is 5.91 Å². The van der Waals surface area contributed by atoms with Crippen LogP contribution >= 0.6 is 0 Å². The highest BCUT2D eigenvalue weighted by atomic mass is 19.3. The van der Waals surface area contributed by atoms with Crippen molar-refractivity contribution in [3.05, 3.63) is 41.5 Å². The van der Waals surface area contributed by atoms with E-state index in [2.05, 4.69) is 15.0 Å². The summed E-state index contributed by atoms with van der Waals surface area (Å²) in [6.45, 7) is -2.89. The van der Waals surface area contributed by atoms with Crippen LogP contribution in [0.1, 0.15) is 31.2 Å². The number of alkyl halides is 2. The zero-order chi connectivity index (χ0) is 16.4. The fourth-order valence-electron chi connectivity index (χ4n) is 3.11. The molecule has 0 spiro atoms. The first kappa shape index (κ1) is 15.5. The van der Waals surface area contributed by atoms with Crippen molar-refractivity contribution in [1.29, 1.82) is 0 Å². The second kappa shape index (κ2) is 5.98. The Bertz CT molecular complexity index is 670. The van der Waals surface area contributed by atoms with Gasteiger partial charge in [-0.1, -0.05) is 18.2 Å². The second-order valence-corrected chi connectivity index (χ2v) is 5.54. The van der Waals surface area contributed by atoms with Gasteiger partial charge < -0.3 is 10.5 Å². The largest absolute Gasteiger partial charge is 0.435 e. The van der Waals surface area contributed by atoms with Gasteiger partial charge >= 0.3 is 6.61 Å². The minimum Gasteiger partial charge on any atom is -0.435 e. The van der Waals surface area contributed by atoms with Crippen LogP contribution in [0.25, 0.3) is 0 Å². The van der Waals surface area contributed by atoms with E-state index in [4.69, 9.17) is 5.73 Å². The summed E-state index contributed by atoms with van der Waals surface area (Å²) in [5.41, 5.74) is 5.99. The number of aliphatic imine (C=N–C) groups is 1. The first-order valence-electron chi connectivity index (χ1n) is 7.44. The molecule has 1 aromatic carbocycles. The number of hydrogen-bond donors (Lipinski definition) is 2. The number of halogens is 2. The number of hydrogen-bond acceptors (Lipinski definition) is 4. The number of ether oxygens (including phenoxy) is 1. The number of allylic oxidation sites excluding steroid dienone is 1. The Balaban J connectivity index is 2.03. The third-order valence-corrected chi connectivity index (χ3v) is 4.11. The van der Waals surface area contributed by atoms with Gasteiger partial charge in [-0.15, -0.1) is 0 Å². The van der Waals surface area contributed by atoms with Crippen LogP contribution in [-0.2, 0) is 10.3 Å². The number of carbonyl (C=O) groups excluding carboxylic acids is 1. The van der Waals surface area contributed by atoms with Gasteiger partial charge in [0, 0.05) is 0 Å². The minimum absolute atomic E-state index is 0.0341. The fourth-order valence-corrected chi connectivity index (χ4v) is 3.11. The third-order valence-electron chi connectivity index (χ3n) is 4.11. The lowest BCUT2D eigenvalue weighted by Crippen LogP contribution is -2.40. The van der Waals surface area contributed by atoms with E-state index in [1.54, 1.807) is 12.1 Å².